The van der Waals surface area contributed by atoms with Crippen LogP contribution in [-0.2, 0) is 20.9 Å². The predicted molar refractivity (Wildman–Crippen MR) is 114 cm³/mol. The number of aromatic nitrogens is 2. The van der Waals surface area contributed by atoms with Gasteiger partial charge in [-0.15, -0.1) is 0 Å². The minimum atomic E-state index is -0.415. The topological polar surface area (TPSA) is 82.5 Å². The molecule has 1 atom stereocenters. The highest BCUT2D eigenvalue weighted by molar-refractivity contribution is 5.80. The molecule has 3 aromatic rings. The smallest absolute Gasteiger partial charge is 0.326 e. The van der Waals surface area contributed by atoms with Crippen molar-refractivity contribution >= 4 is 22.9 Å². The lowest BCUT2D eigenvalue weighted by Crippen LogP contribution is -2.33. The van der Waals surface area contributed by atoms with E-state index in [-0.39, 0.29) is 25.0 Å². The normalized spacial score (nSPS) is 11.9. The van der Waals surface area contributed by atoms with Crippen LogP contribution in [0.2, 0.25) is 0 Å². The predicted octanol–water partition coefficient (Wildman–Crippen LogP) is 3.47. The highest BCUT2D eigenvalue weighted by Gasteiger charge is 2.20. The molecule has 3 rings (SSSR count). The van der Waals surface area contributed by atoms with Gasteiger partial charge in [-0.25, -0.2) is 4.98 Å². The number of hydrogen-bond acceptors (Lipinski definition) is 5. The summed E-state index contributed by atoms with van der Waals surface area (Å²) in [7, 11) is 0. The lowest BCUT2D eigenvalue weighted by molar-refractivity contribution is -0.143. The van der Waals surface area contributed by atoms with Crippen LogP contribution in [0.25, 0.3) is 11.0 Å². The van der Waals surface area contributed by atoms with Crippen LogP contribution in [0.3, 0.4) is 0 Å². The number of amides is 1. The number of aryl methyl sites for hydroxylation is 2. The van der Waals surface area contributed by atoms with Crippen LogP contribution in [0.5, 0.6) is 5.75 Å². The van der Waals surface area contributed by atoms with E-state index in [1.807, 2.05) is 63.2 Å². The average Bonchev–Trinajstić information content (AvgIpc) is 3.07. The lowest BCUT2D eigenvalue weighted by Gasteiger charge is -2.16. The summed E-state index contributed by atoms with van der Waals surface area (Å²) in [6, 6.07) is 13.0. The molecule has 1 N–H and O–H groups in total. The van der Waals surface area contributed by atoms with Gasteiger partial charge in [0.2, 0.25) is 0 Å². The van der Waals surface area contributed by atoms with Crippen LogP contribution in [0.4, 0.5) is 0 Å². The van der Waals surface area contributed by atoms with Crippen molar-refractivity contribution in [2.24, 2.45) is 0 Å². The SMILES string of the molecule is CCOC(=O)Cn1c(C(C)NC(=O)COc2cc(C)ccc2C)nc2ccccc21. The summed E-state index contributed by atoms with van der Waals surface area (Å²) >= 11 is 0. The Morgan fingerprint density at radius 1 is 1.17 bits per heavy atom. The Morgan fingerprint density at radius 3 is 2.70 bits per heavy atom. The van der Waals surface area contributed by atoms with Crippen molar-refractivity contribution in [3.8, 4) is 5.75 Å². The Balaban J connectivity index is 1.74. The number of fused-ring (bicyclic) bond motifs is 1. The summed E-state index contributed by atoms with van der Waals surface area (Å²) in [5.41, 5.74) is 3.60. The van der Waals surface area contributed by atoms with Gasteiger partial charge in [0, 0.05) is 0 Å². The maximum atomic E-state index is 12.5. The fraction of sp³-hybridized carbons (Fsp3) is 0.348. The molecule has 7 nitrogen and oxygen atoms in total. The molecule has 1 amide bonds. The first kappa shape index (κ1) is 21.4. The summed E-state index contributed by atoms with van der Waals surface area (Å²) in [6.07, 6.45) is 0. The molecule has 7 heteroatoms. The molecule has 158 valence electrons. The molecule has 2 aromatic carbocycles. The molecular formula is C23H27N3O4. The number of para-hydroxylation sites is 2. The number of esters is 1. The van der Waals surface area contributed by atoms with Gasteiger partial charge >= 0.3 is 5.97 Å². The Labute approximate surface area is 176 Å². The quantitative estimate of drug-likeness (QED) is 0.576. The van der Waals surface area contributed by atoms with Crippen molar-refractivity contribution in [3.63, 3.8) is 0 Å². The second kappa shape index (κ2) is 9.43. The zero-order chi connectivity index (χ0) is 21.7. The van der Waals surface area contributed by atoms with Crippen LogP contribution in [0.15, 0.2) is 42.5 Å². The van der Waals surface area contributed by atoms with E-state index in [1.54, 1.807) is 11.5 Å². The number of carbonyl (C=O) groups is 2. The Morgan fingerprint density at radius 2 is 1.93 bits per heavy atom. The lowest BCUT2D eigenvalue weighted by atomic mass is 10.1. The van der Waals surface area contributed by atoms with E-state index < -0.39 is 6.04 Å². The van der Waals surface area contributed by atoms with E-state index in [9.17, 15) is 9.59 Å². The zero-order valence-electron chi connectivity index (χ0n) is 17.8. The van der Waals surface area contributed by atoms with Gasteiger partial charge in [0.25, 0.3) is 5.91 Å². The van der Waals surface area contributed by atoms with Crippen molar-refractivity contribution in [1.82, 2.24) is 14.9 Å². The monoisotopic (exact) mass is 409 g/mol. The zero-order valence-corrected chi connectivity index (χ0v) is 17.8. The molecule has 1 aromatic heterocycles. The van der Waals surface area contributed by atoms with Crippen molar-refractivity contribution in [3.05, 3.63) is 59.4 Å². The molecule has 30 heavy (non-hydrogen) atoms. The van der Waals surface area contributed by atoms with E-state index >= 15 is 0 Å². The third-order valence-corrected chi connectivity index (χ3v) is 4.74. The van der Waals surface area contributed by atoms with Gasteiger partial charge in [0.1, 0.15) is 18.1 Å². The van der Waals surface area contributed by atoms with Crippen LogP contribution in [0.1, 0.15) is 36.8 Å². The van der Waals surface area contributed by atoms with Crippen LogP contribution >= 0.6 is 0 Å². The highest BCUT2D eigenvalue weighted by atomic mass is 16.5. The van der Waals surface area contributed by atoms with Crippen LogP contribution in [0, 0.1) is 13.8 Å². The molecule has 0 aliphatic rings. The van der Waals surface area contributed by atoms with Crippen molar-refractivity contribution in [1.29, 1.82) is 0 Å². The van der Waals surface area contributed by atoms with Crippen molar-refractivity contribution in [2.75, 3.05) is 13.2 Å². The molecule has 0 radical (unpaired) electrons. The molecule has 0 saturated heterocycles. The first-order valence-corrected chi connectivity index (χ1v) is 9.99. The van der Waals surface area contributed by atoms with E-state index in [4.69, 9.17) is 9.47 Å². The number of imidazole rings is 1. The molecular weight excluding hydrogens is 382 g/mol. The second-order valence-electron chi connectivity index (χ2n) is 7.20. The van der Waals surface area contributed by atoms with E-state index in [0.29, 0.717) is 18.2 Å². The molecule has 0 fully saturated rings. The number of rotatable bonds is 8. The van der Waals surface area contributed by atoms with Crippen LogP contribution < -0.4 is 10.1 Å². The third kappa shape index (κ3) is 4.97. The minimum Gasteiger partial charge on any atom is -0.483 e. The second-order valence-corrected chi connectivity index (χ2v) is 7.20. The average molecular weight is 409 g/mol. The minimum absolute atomic E-state index is 0.0306. The molecule has 1 unspecified atom stereocenters. The fourth-order valence-electron chi connectivity index (χ4n) is 3.28. The summed E-state index contributed by atoms with van der Waals surface area (Å²) in [5.74, 6) is 0.661. The Bertz CT molecular complexity index is 1060. The number of nitrogens with zero attached hydrogens (tertiary/aromatic N) is 2. The standard InChI is InChI=1S/C23H27N3O4/c1-5-29-22(28)13-26-19-9-7-6-8-18(19)25-23(26)17(4)24-21(27)14-30-20-12-15(2)10-11-16(20)3/h6-12,17H,5,13-14H2,1-4H3,(H,24,27). The maximum Gasteiger partial charge on any atom is 0.326 e. The molecule has 0 aliphatic carbocycles. The highest BCUT2D eigenvalue weighted by Crippen LogP contribution is 2.22. The first-order chi connectivity index (χ1) is 14.4. The number of hydrogen-bond donors (Lipinski definition) is 1. The van der Waals surface area contributed by atoms with Crippen LogP contribution in [-0.4, -0.2) is 34.6 Å². The molecule has 1 heterocycles. The fourth-order valence-corrected chi connectivity index (χ4v) is 3.28. The summed E-state index contributed by atoms with van der Waals surface area (Å²) in [6.45, 7) is 7.75. The van der Waals surface area contributed by atoms with Gasteiger partial charge in [0.05, 0.1) is 23.7 Å². The summed E-state index contributed by atoms with van der Waals surface area (Å²) in [5, 5.41) is 2.91. The van der Waals surface area contributed by atoms with E-state index in [0.717, 1.165) is 22.2 Å². The summed E-state index contributed by atoms with van der Waals surface area (Å²) in [4.78, 5) is 29.2. The van der Waals surface area contributed by atoms with Gasteiger partial charge in [-0.05, 0) is 57.0 Å². The molecule has 0 bridgehead atoms. The van der Waals surface area contributed by atoms with Crippen molar-refractivity contribution in [2.45, 2.75) is 40.3 Å². The third-order valence-electron chi connectivity index (χ3n) is 4.74. The van der Waals surface area contributed by atoms with Gasteiger partial charge in [-0.1, -0.05) is 24.3 Å². The van der Waals surface area contributed by atoms with Gasteiger partial charge < -0.3 is 19.4 Å². The molecule has 0 saturated carbocycles. The largest absolute Gasteiger partial charge is 0.483 e. The van der Waals surface area contributed by atoms with E-state index in [2.05, 4.69) is 10.3 Å². The Kier molecular flexibility index (Phi) is 6.72. The number of ether oxygens (including phenoxy) is 2. The number of nitrogens with one attached hydrogen (secondary N) is 1. The first-order valence-electron chi connectivity index (χ1n) is 9.99. The number of carbonyl (C=O) groups excluding carboxylic acids is 2. The Hall–Kier alpha value is -3.35. The van der Waals surface area contributed by atoms with E-state index in [1.165, 1.54) is 0 Å². The van der Waals surface area contributed by atoms with Crippen molar-refractivity contribution < 1.29 is 19.1 Å². The van der Waals surface area contributed by atoms with Gasteiger partial charge in [0.15, 0.2) is 6.61 Å². The molecule has 0 spiro atoms. The maximum absolute atomic E-state index is 12.5. The van der Waals surface area contributed by atoms with Gasteiger partial charge in [-0.2, -0.15) is 0 Å². The van der Waals surface area contributed by atoms with Gasteiger partial charge in [-0.3, -0.25) is 9.59 Å². The number of benzene rings is 2. The summed E-state index contributed by atoms with van der Waals surface area (Å²) < 4.78 is 12.6. The molecule has 0 aliphatic heterocycles.